The number of hydrogen-bond donors (Lipinski definition) is 1. The molecule has 0 amide bonds. The van der Waals surface area contributed by atoms with Crippen molar-refractivity contribution < 1.29 is 4.74 Å². The quantitative estimate of drug-likeness (QED) is 0.781. The van der Waals surface area contributed by atoms with Crippen LogP contribution < -0.4 is 10.1 Å². The van der Waals surface area contributed by atoms with Gasteiger partial charge < -0.3 is 10.1 Å². The molecule has 2 rings (SSSR count). The van der Waals surface area contributed by atoms with Crippen LogP contribution in [0.15, 0.2) is 18.2 Å². The first kappa shape index (κ1) is 14.5. The monoisotopic (exact) mass is 281 g/mol. The highest BCUT2D eigenvalue weighted by Crippen LogP contribution is 2.29. The molecular formula is C16H24ClNO. The molecule has 19 heavy (non-hydrogen) atoms. The number of benzene rings is 1. The number of anilines is 1. The molecule has 0 spiro atoms. The molecule has 1 saturated carbocycles. The molecule has 106 valence electrons. The lowest BCUT2D eigenvalue weighted by Crippen LogP contribution is -2.12. The smallest absolute Gasteiger partial charge is 0.138 e. The number of hydrogen-bond acceptors (Lipinski definition) is 2. The fourth-order valence-electron chi connectivity index (χ4n) is 2.78. The van der Waals surface area contributed by atoms with Gasteiger partial charge in [0, 0.05) is 12.2 Å². The zero-order valence-corrected chi connectivity index (χ0v) is 12.5. The van der Waals surface area contributed by atoms with Crippen LogP contribution in [0.4, 0.5) is 5.69 Å². The van der Waals surface area contributed by atoms with E-state index in [1.807, 2.05) is 25.1 Å². The first-order valence-corrected chi connectivity index (χ1v) is 7.83. The van der Waals surface area contributed by atoms with Crippen molar-refractivity contribution >= 4 is 17.3 Å². The van der Waals surface area contributed by atoms with E-state index in [0.29, 0.717) is 11.6 Å². The van der Waals surface area contributed by atoms with Crippen molar-refractivity contribution in [2.45, 2.75) is 45.4 Å². The third-order valence-electron chi connectivity index (χ3n) is 3.84. The van der Waals surface area contributed by atoms with Gasteiger partial charge in [0.15, 0.2) is 0 Å². The van der Waals surface area contributed by atoms with E-state index >= 15 is 0 Å². The van der Waals surface area contributed by atoms with E-state index in [1.165, 1.54) is 38.5 Å². The summed E-state index contributed by atoms with van der Waals surface area (Å²) in [6.07, 6.45) is 8.35. The summed E-state index contributed by atoms with van der Waals surface area (Å²) in [6, 6.07) is 5.93. The molecule has 1 aromatic carbocycles. The Hall–Kier alpha value is -0.890. The molecule has 0 unspecified atom stereocenters. The summed E-state index contributed by atoms with van der Waals surface area (Å²) < 4.78 is 5.43. The first-order chi connectivity index (χ1) is 9.29. The SMILES string of the molecule is CCOc1ccc(NCCC2CCCCC2)cc1Cl. The van der Waals surface area contributed by atoms with Crippen LogP contribution in [0, 0.1) is 5.92 Å². The summed E-state index contributed by atoms with van der Waals surface area (Å²) in [5.74, 6) is 1.68. The average molecular weight is 282 g/mol. The molecule has 0 aliphatic heterocycles. The van der Waals surface area contributed by atoms with Crippen molar-refractivity contribution in [2.75, 3.05) is 18.5 Å². The first-order valence-electron chi connectivity index (χ1n) is 7.46. The molecule has 1 fully saturated rings. The van der Waals surface area contributed by atoms with Gasteiger partial charge in [0.05, 0.1) is 11.6 Å². The lowest BCUT2D eigenvalue weighted by molar-refractivity contribution is 0.340. The van der Waals surface area contributed by atoms with Crippen molar-refractivity contribution in [2.24, 2.45) is 5.92 Å². The lowest BCUT2D eigenvalue weighted by atomic mass is 9.87. The van der Waals surface area contributed by atoms with Gasteiger partial charge in [-0.1, -0.05) is 43.7 Å². The Morgan fingerprint density at radius 3 is 2.74 bits per heavy atom. The van der Waals surface area contributed by atoms with Gasteiger partial charge in [0.2, 0.25) is 0 Å². The summed E-state index contributed by atoms with van der Waals surface area (Å²) >= 11 is 6.17. The third kappa shape index (κ3) is 4.61. The maximum absolute atomic E-state index is 6.17. The minimum absolute atomic E-state index is 0.647. The van der Waals surface area contributed by atoms with Gasteiger partial charge in [-0.25, -0.2) is 0 Å². The van der Waals surface area contributed by atoms with Crippen LogP contribution in [0.2, 0.25) is 5.02 Å². The van der Waals surface area contributed by atoms with Crippen LogP contribution in [0.3, 0.4) is 0 Å². The van der Waals surface area contributed by atoms with E-state index in [2.05, 4.69) is 5.32 Å². The van der Waals surface area contributed by atoms with Crippen LogP contribution in [-0.2, 0) is 0 Å². The van der Waals surface area contributed by atoms with Gasteiger partial charge in [-0.2, -0.15) is 0 Å². The van der Waals surface area contributed by atoms with Gasteiger partial charge in [-0.3, -0.25) is 0 Å². The minimum Gasteiger partial charge on any atom is -0.492 e. The molecule has 0 aromatic heterocycles. The molecule has 0 atom stereocenters. The molecule has 0 saturated heterocycles. The van der Waals surface area contributed by atoms with Crippen LogP contribution >= 0.6 is 11.6 Å². The lowest BCUT2D eigenvalue weighted by Gasteiger charge is -2.21. The van der Waals surface area contributed by atoms with Gasteiger partial charge >= 0.3 is 0 Å². The Labute approximate surface area is 121 Å². The Morgan fingerprint density at radius 1 is 1.26 bits per heavy atom. The second-order valence-corrected chi connectivity index (χ2v) is 5.70. The van der Waals surface area contributed by atoms with Crippen LogP contribution in [0.25, 0.3) is 0 Å². The highest BCUT2D eigenvalue weighted by molar-refractivity contribution is 6.32. The zero-order valence-electron chi connectivity index (χ0n) is 11.8. The van der Waals surface area contributed by atoms with Crippen LogP contribution in [0.1, 0.15) is 45.4 Å². The minimum atomic E-state index is 0.647. The standard InChI is InChI=1S/C16H24ClNO/c1-2-19-16-9-8-14(12-15(16)17)18-11-10-13-6-4-3-5-7-13/h8-9,12-13,18H,2-7,10-11H2,1H3. The van der Waals surface area contributed by atoms with E-state index in [-0.39, 0.29) is 0 Å². The van der Waals surface area contributed by atoms with Crippen molar-refractivity contribution in [3.05, 3.63) is 23.2 Å². The van der Waals surface area contributed by atoms with Gasteiger partial charge in [0.1, 0.15) is 5.75 Å². The van der Waals surface area contributed by atoms with Gasteiger partial charge in [-0.05, 0) is 37.5 Å². The average Bonchev–Trinajstić information content (AvgIpc) is 2.43. The van der Waals surface area contributed by atoms with E-state index in [0.717, 1.165) is 23.9 Å². The van der Waals surface area contributed by atoms with E-state index in [4.69, 9.17) is 16.3 Å². The molecule has 0 radical (unpaired) electrons. The molecule has 1 aromatic rings. The van der Waals surface area contributed by atoms with E-state index < -0.39 is 0 Å². The molecule has 1 aliphatic rings. The number of rotatable bonds is 6. The van der Waals surface area contributed by atoms with Crippen molar-refractivity contribution in [1.29, 1.82) is 0 Å². The third-order valence-corrected chi connectivity index (χ3v) is 4.13. The Kier molecular flexibility index (Phi) is 5.84. The van der Waals surface area contributed by atoms with E-state index in [1.54, 1.807) is 0 Å². The number of ether oxygens (including phenoxy) is 1. The van der Waals surface area contributed by atoms with Crippen molar-refractivity contribution in [3.8, 4) is 5.75 Å². The Balaban J connectivity index is 1.77. The summed E-state index contributed by atoms with van der Waals surface area (Å²) in [5, 5.41) is 4.15. The van der Waals surface area contributed by atoms with Crippen molar-refractivity contribution in [1.82, 2.24) is 0 Å². The normalized spacial score (nSPS) is 16.3. The molecular weight excluding hydrogens is 258 g/mol. The summed E-state index contributed by atoms with van der Waals surface area (Å²) in [7, 11) is 0. The maximum atomic E-state index is 6.17. The summed E-state index contributed by atoms with van der Waals surface area (Å²) in [6.45, 7) is 3.65. The topological polar surface area (TPSA) is 21.3 Å². The van der Waals surface area contributed by atoms with E-state index in [9.17, 15) is 0 Å². The molecule has 1 N–H and O–H groups in total. The van der Waals surface area contributed by atoms with Crippen molar-refractivity contribution in [3.63, 3.8) is 0 Å². The Morgan fingerprint density at radius 2 is 2.05 bits per heavy atom. The molecule has 1 aliphatic carbocycles. The van der Waals surface area contributed by atoms with Crippen LogP contribution in [-0.4, -0.2) is 13.2 Å². The molecule has 0 heterocycles. The second-order valence-electron chi connectivity index (χ2n) is 5.30. The zero-order chi connectivity index (χ0) is 13.5. The fraction of sp³-hybridized carbons (Fsp3) is 0.625. The number of nitrogens with one attached hydrogen (secondary N) is 1. The Bertz CT molecular complexity index is 388. The summed E-state index contributed by atoms with van der Waals surface area (Å²) in [5.41, 5.74) is 1.09. The second kappa shape index (κ2) is 7.64. The summed E-state index contributed by atoms with van der Waals surface area (Å²) in [4.78, 5) is 0. The number of halogens is 1. The maximum Gasteiger partial charge on any atom is 0.138 e. The molecule has 2 nitrogen and oxygen atoms in total. The fourth-order valence-corrected chi connectivity index (χ4v) is 3.01. The predicted molar refractivity (Wildman–Crippen MR) is 82.3 cm³/mol. The molecule has 0 bridgehead atoms. The predicted octanol–water partition coefficient (Wildman–Crippen LogP) is 5.12. The van der Waals surface area contributed by atoms with Gasteiger partial charge in [0.25, 0.3) is 0 Å². The highest BCUT2D eigenvalue weighted by atomic mass is 35.5. The van der Waals surface area contributed by atoms with Gasteiger partial charge in [-0.15, -0.1) is 0 Å². The highest BCUT2D eigenvalue weighted by Gasteiger charge is 2.12. The van der Waals surface area contributed by atoms with Crippen LogP contribution in [0.5, 0.6) is 5.75 Å². The largest absolute Gasteiger partial charge is 0.492 e. The molecule has 3 heteroatoms.